The molecule has 0 heterocycles. The highest BCUT2D eigenvalue weighted by Crippen LogP contribution is 2.51. The molecule has 2 rings (SSSR count). The van der Waals surface area contributed by atoms with Gasteiger partial charge in [-0.1, -0.05) is 0 Å². The lowest BCUT2D eigenvalue weighted by Gasteiger charge is -2.19. The van der Waals surface area contributed by atoms with E-state index in [2.05, 4.69) is 0 Å². The molecule has 0 aliphatic carbocycles. The second kappa shape index (κ2) is 7.08. The zero-order valence-electron chi connectivity index (χ0n) is 14.1. The Balaban J connectivity index is 2.94. The molecule has 0 bridgehead atoms. The van der Waals surface area contributed by atoms with Gasteiger partial charge < -0.3 is 23.7 Å². The van der Waals surface area contributed by atoms with E-state index < -0.39 is 11.9 Å². The molecular weight excluding hydrogens is 316 g/mol. The molecule has 0 aromatic heterocycles. The number of benzene rings is 2. The van der Waals surface area contributed by atoms with Crippen LogP contribution in [0.15, 0.2) is 18.2 Å². The maximum atomic E-state index is 11.5. The summed E-state index contributed by atoms with van der Waals surface area (Å²) in [4.78, 5) is 23.0. The van der Waals surface area contributed by atoms with E-state index in [0.717, 1.165) is 0 Å². The van der Waals surface area contributed by atoms with Gasteiger partial charge in [0, 0.05) is 24.6 Å². The summed E-state index contributed by atoms with van der Waals surface area (Å²) in [5.41, 5.74) is 0. The monoisotopic (exact) mass is 334 g/mol. The third-order valence-electron chi connectivity index (χ3n) is 3.23. The summed E-state index contributed by atoms with van der Waals surface area (Å²) in [5.74, 6) is 0.123. The van der Waals surface area contributed by atoms with E-state index >= 15 is 0 Å². The number of methoxy groups -OCH3 is 3. The fourth-order valence-corrected chi connectivity index (χ4v) is 2.35. The van der Waals surface area contributed by atoms with Crippen LogP contribution in [-0.4, -0.2) is 33.3 Å². The largest absolute Gasteiger partial charge is 0.497 e. The van der Waals surface area contributed by atoms with Crippen molar-refractivity contribution >= 4 is 22.7 Å². The summed E-state index contributed by atoms with van der Waals surface area (Å²) >= 11 is 0. The van der Waals surface area contributed by atoms with Crippen molar-refractivity contribution in [1.29, 1.82) is 0 Å². The molecule has 0 N–H and O–H groups in total. The number of hydrogen-bond acceptors (Lipinski definition) is 7. The van der Waals surface area contributed by atoms with Crippen molar-refractivity contribution in [2.75, 3.05) is 21.3 Å². The fraction of sp³-hybridized carbons (Fsp3) is 0.294. The number of esters is 2. The highest BCUT2D eigenvalue weighted by atomic mass is 16.6. The van der Waals surface area contributed by atoms with Gasteiger partial charge in [0.25, 0.3) is 0 Å². The lowest BCUT2D eigenvalue weighted by atomic mass is 10.1. The van der Waals surface area contributed by atoms with Crippen LogP contribution in [0.5, 0.6) is 28.7 Å². The number of fused-ring (bicyclic) bond motifs is 1. The lowest BCUT2D eigenvalue weighted by molar-refractivity contribution is -0.133. The van der Waals surface area contributed by atoms with Crippen molar-refractivity contribution in [2.24, 2.45) is 0 Å². The summed E-state index contributed by atoms with van der Waals surface area (Å²) in [7, 11) is 4.31. The molecule has 24 heavy (non-hydrogen) atoms. The van der Waals surface area contributed by atoms with Crippen molar-refractivity contribution in [3.63, 3.8) is 0 Å². The van der Waals surface area contributed by atoms with Crippen LogP contribution in [-0.2, 0) is 9.59 Å². The summed E-state index contributed by atoms with van der Waals surface area (Å²) in [6.45, 7) is 2.55. The number of carbonyl (C=O) groups excluding carboxylic acids is 2. The molecule has 0 saturated carbocycles. The molecule has 7 heteroatoms. The number of ether oxygens (including phenoxy) is 5. The number of rotatable bonds is 5. The molecule has 7 nitrogen and oxygen atoms in total. The summed E-state index contributed by atoms with van der Waals surface area (Å²) < 4.78 is 26.5. The van der Waals surface area contributed by atoms with Crippen molar-refractivity contribution in [2.45, 2.75) is 13.8 Å². The zero-order chi connectivity index (χ0) is 17.9. The molecule has 128 valence electrons. The Kier molecular flexibility index (Phi) is 5.13. The van der Waals surface area contributed by atoms with Gasteiger partial charge in [-0.05, 0) is 18.2 Å². The molecule has 0 aliphatic rings. The van der Waals surface area contributed by atoms with Gasteiger partial charge >= 0.3 is 11.9 Å². The van der Waals surface area contributed by atoms with Crippen LogP contribution in [0.1, 0.15) is 13.8 Å². The standard InChI is InChI=1S/C17H18O7/c1-9(18)23-14-12-7-6-11(20-3)8-13(12)15(24-10(2)19)17(22-5)16(14)21-4/h6-8H,1-5H3. The maximum absolute atomic E-state index is 11.5. The van der Waals surface area contributed by atoms with Gasteiger partial charge in [0.15, 0.2) is 11.5 Å². The normalized spacial score (nSPS) is 10.2. The van der Waals surface area contributed by atoms with Gasteiger partial charge in [-0.25, -0.2) is 0 Å². The first-order valence-electron chi connectivity index (χ1n) is 7.05. The van der Waals surface area contributed by atoms with E-state index in [0.29, 0.717) is 16.5 Å². The molecule has 0 atom stereocenters. The fourth-order valence-electron chi connectivity index (χ4n) is 2.35. The third-order valence-corrected chi connectivity index (χ3v) is 3.23. The van der Waals surface area contributed by atoms with Crippen LogP contribution < -0.4 is 23.7 Å². The maximum Gasteiger partial charge on any atom is 0.308 e. The van der Waals surface area contributed by atoms with Crippen LogP contribution in [0.2, 0.25) is 0 Å². The molecule has 0 spiro atoms. The highest BCUT2D eigenvalue weighted by molar-refractivity contribution is 6.01. The Hall–Kier alpha value is -2.96. The summed E-state index contributed by atoms with van der Waals surface area (Å²) in [6, 6.07) is 5.03. The van der Waals surface area contributed by atoms with Gasteiger partial charge in [-0.3, -0.25) is 9.59 Å². The van der Waals surface area contributed by atoms with Gasteiger partial charge in [0.05, 0.1) is 21.3 Å². The third kappa shape index (κ3) is 3.19. The molecule has 0 saturated heterocycles. The predicted molar refractivity (Wildman–Crippen MR) is 86.2 cm³/mol. The van der Waals surface area contributed by atoms with Crippen molar-refractivity contribution < 1.29 is 33.3 Å². The van der Waals surface area contributed by atoms with Crippen molar-refractivity contribution in [3.8, 4) is 28.7 Å². The van der Waals surface area contributed by atoms with Crippen molar-refractivity contribution in [1.82, 2.24) is 0 Å². The van der Waals surface area contributed by atoms with Crippen molar-refractivity contribution in [3.05, 3.63) is 18.2 Å². The average Bonchev–Trinajstić information content (AvgIpc) is 2.55. The zero-order valence-corrected chi connectivity index (χ0v) is 14.1. The lowest BCUT2D eigenvalue weighted by Crippen LogP contribution is -2.08. The van der Waals surface area contributed by atoms with Gasteiger partial charge in [-0.15, -0.1) is 0 Å². The first kappa shape index (κ1) is 17.4. The topological polar surface area (TPSA) is 80.3 Å². The Morgan fingerprint density at radius 1 is 0.708 bits per heavy atom. The summed E-state index contributed by atoms with van der Waals surface area (Å²) in [5, 5.41) is 0.998. The second-order valence-electron chi connectivity index (χ2n) is 4.82. The average molecular weight is 334 g/mol. The quantitative estimate of drug-likeness (QED) is 0.614. The Morgan fingerprint density at radius 3 is 1.62 bits per heavy atom. The van der Waals surface area contributed by atoms with Crippen LogP contribution in [0.4, 0.5) is 0 Å². The Morgan fingerprint density at radius 2 is 1.21 bits per heavy atom. The van der Waals surface area contributed by atoms with Gasteiger partial charge in [0.2, 0.25) is 11.5 Å². The minimum atomic E-state index is -0.528. The molecule has 0 unspecified atom stereocenters. The van der Waals surface area contributed by atoms with Crippen LogP contribution in [0, 0.1) is 0 Å². The summed E-state index contributed by atoms with van der Waals surface area (Å²) in [6.07, 6.45) is 0. The highest BCUT2D eigenvalue weighted by Gasteiger charge is 2.26. The second-order valence-corrected chi connectivity index (χ2v) is 4.82. The Bertz CT molecular complexity index is 795. The first-order chi connectivity index (χ1) is 11.4. The van der Waals surface area contributed by atoms with E-state index in [1.54, 1.807) is 18.2 Å². The van der Waals surface area contributed by atoms with E-state index in [4.69, 9.17) is 23.7 Å². The molecule has 0 aliphatic heterocycles. The molecule has 2 aromatic carbocycles. The minimum Gasteiger partial charge on any atom is -0.497 e. The molecule has 2 aromatic rings. The van der Waals surface area contributed by atoms with Crippen LogP contribution in [0.3, 0.4) is 0 Å². The van der Waals surface area contributed by atoms with Gasteiger partial charge in [0.1, 0.15) is 5.75 Å². The first-order valence-corrected chi connectivity index (χ1v) is 7.05. The Labute approximate surface area is 139 Å². The molecule has 0 radical (unpaired) electrons. The van der Waals surface area contributed by atoms with E-state index in [9.17, 15) is 9.59 Å². The van der Waals surface area contributed by atoms with Crippen LogP contribution in [0.25, 0.3) is 10.8 Å². The number of carbonyl (C=O) groups is 2. The van der Waals surface area contributed by atoms with Gasteiger partial charge in [-0.2, -0.15) is 0 Å². The van der Waals surface area contributed by atoms with Crippen LogP contribution >= 0.6 is 0 Å². The molecule has 0 amide bonds. The smallest absolute Gasteiger partial charge is 0.308 e. The minimum absolute atomic E-state index is 0.143. The van der Waals surface area contributed by atoms with E-state index in [-0.39, 0.29) is 23.0 Å². The SMILES string of the molecule is COc1ccc2c(OC(C)=O)c(OC)c(OC)c(OC(C)=O)c2c1. The number of hydrogen-bond donors (Lipinski definition) is 0. The van der Waals surface area contributed by atoms with E-state index in [1.165, 1.54) is 35.2 Å². The van der Waals surface area contributed by atoms with E-state index in [1.807, 2.05) is 0 Å². The molecular formula is C17H18O7. The molecule has 0 fully saturated rings. The predicted octanol–water partition coefficient (Wildman–Crippen LogP) is 2.72.